The van der Waals surface area contributed by atoms with Gasteiger partial charge in [-0.25, -0.2) is 9.18 Å². The van der Waals surface area contributed by atoms with Crippen LogP contribution in [-0.2, 0) is 11.3 Å². The van der Waals surface area contributed by atoms with E-state index in [1.54, 1.807) is 31.2 Å². The Labute approximate surface area is 172 Å². The standard InChI is InChI=1S/C20H21FN6O3/c1-3-17(28)18-11-26(20(29)30-18)13-6-7-14(15(21)9-13)12-5-8-16(22-10-12)19-23-25-27(4-2)24-19/h5-10,17-18,28H,3-4,11H2,1-2H3/t17?,18-/m0/s1. The van der Waals surface area contributed by atoms with Crippen LogP contribution in [0.5, 0.6) is 0 Å². The number of aromatic nitrogens is 5. The van der Waals surface area contributed by atoms with Crippen LogP contribution < -0.4 is 4.90 Å². The molecule has 1 aliphatic rings. The molecular formula is C20H21FN6O3. The molecule has 0 aliphatic carbocycles. The Bertz CT molecular complexity index is 1050. The first-order chi connectivity index (χ1) is 14.5. The maximum absolute atomic E-state index is 14.8. The number of halogens is 1. The number of pyridine rings is 1. The average Bonchev–Trinajstić information content (AvgIpc) is 3.40. The number of ether oxygens (including phenoxy) is 1. The van der Waals surface area contributed by atoms with Crippen molar-refractivity contribution in [3.63, 3.8) is 0 Å². The minimum Gasteiger partial charge on any atom is -0.441 e. The number of aryl methyl sites for hydroxylation is 1. The summed E-state index contributed by atoms with van der Waals surface area (Å²) in [5.74, 6) is -0.0972. The van der Waals surface area contributed by atoms with Crippen LogP contribution in [0, 0.1) is 5.82 Å². The molecule has 1 unspecified atom stereocenters. The molecule has 3 heterocycles. The fourth-order valence-corrected chi connectivity index (χ4v) is 3.23. The number of hydrogen-bond donors (Lipinski definition) is 1. The summed E-state index contributed by atoms with van der Waals surface area (Å²) < 4.78 is 20.0. The lowest BCUT2D eigenvalue weighted by Gasteiger charge is -2.16. The molecule has 10 heteroatoms. The Morgan fingerprint density at radius 1 is 1.30 bits per heavy atom. The van der Waals surface area contributed by atoms with Crippen LogP contribution in [0.1, 0.15) is 20.3 Å². The van der Waals surface area contributed by atoms with Crippen molar-refractivity contribution in [3.8, 4) is 22.6 Å². The van der Waals surface area contributed by atoms with Crippen molar-refractivity contribution in [2.75, 3.05) is 11.4 Å². The van der Waals surface area contributed by atoms with Crippen LogP contribution in [0.25, 0.3) is 22.6 Å². The number of rotatable bonds is 6. The second kappa shape index (κ2) is 8.15. The van der Waals surface area contributed by atoms with E-state index in [9.17, 15) is 14.3 Å². The van der Waals surface area contributed by atoms with Gasteiger partial charge in [0.2, 0.25) is 5.82 Å². The first-order valence-electron chi connectivity index (χ1n) is 9.70. The van der Waals surface area contributed by atoms with Gasteiger partial charge in [-0.05, 0) is 42.8 Å². The summed E-state index contributed by atoms with van der Waals surface area (Å²) in [6.07, 6.45) is 0.0325. The monoisotopic (exact) mass is 412 g/mol. The fourth-order valence-electron chi connectivity index (χ4n) is 3.23. The summed E-state index contributed by atoms with van der Waals surface area (Å²) in [4.78, 5) is 19.2. The molecule has 0 saturated carbocycles. The van der Waals surface area contributed by atoms with E-state index in [4.69, 9.17) is 4.74 Å². The molecule has 1 amide bonds. The third-order valence-electron chi connectivity index (χ3n) is 4.99. The smallest absolute Gasteiger partial charge is 0.414 e. The van der Waals surface area contributed by atoms with Gasteiger partial charge in [-0.2, -0.15) is 4.80 Å². The lowest BCUT2D eigenvalue weighted by Crippen LogP contribution is -2.30. The molecule has 156 valence electrons. The van der Waals surface area contributed by atoms with E-state index in [1.807, 2.05) is 6.92 Å². The molecule has 30 heavy (non-hydrogen) atoms. The number of hydrogen-bond acceptors (Lipinski definition) is 7. The highest BCUT2D eigenvalue weighted by atomic mass is 19.1. The van der Waals surface area contributed by atoms with Crippen molar-refractivity contribution in [2.45, 2.75) is 39.0 Å². The van der Waals surface area contributed by atoms with Crippen LogP contribution >= 0.6 is 0 Å². The minimum absolute atomic E-state index is 0.175. The Kier molecular flexibility index (Phi) is 5.40. The van der Waals surface area contributed by atoms with E-state index in [2.05, 4.69) is 20.4 Å². The maximum Gasteiger partial charge on any atom is 0.414 e. The third kappa shape index (κ3) is 3.73. The molecule has 3 aromatic rings. The third-order valence-corrected chi connectivity index (χ3v) is 4.99. The van der Waals surface area contributed by atoms with E-state index in [0.29, 0.717) is 41.3 Å². The van der Waals surface area contributed by atoms with Crippen molar-refractivity contribution >= 4 is 11.8 Å². The molecule has 1 aliphatic heterocycles. The SMILES string of the molecule is CCC(O)[C@@H]1CN(c2ccc(-c3ccc(-c4nnn(CC)n4)nc3)c(F)c2)C(=O)O1. The first kappa shape index (κ1) is 19.9. The second-order valence-electron chi connectivity index (χ2n) is 6.91. The van der Waals surface area contributed by atoms with Gasteiger partial charge in [-0.3, -0.25) is 9.88 Å². The highest BCUT2D eigenvalue weighted by Gasteiger charge is 2.36. The lowest BCUT2D eigenvalue weighted by molar-refractivity contribution is 0.0308. The van der Waals surface area contributed by atoms with Gasteiger partial charge in [-0.1, -0.05) is 13.0 Å². The summed E-state index contributed by atoms with van der Waals surface area (Å²) >= 11 is 0. The van der Waals surface area contributed by atoms with Gasteiger partial charge in [-0.15, -0.1) is 10.2 Å². The molecule has 1 fully saturated rings. The summed E-state index contributed by atoms with van der Waals surface area (Å²) in [6, 6.07) is 7.94. The Balaban J connectivity index is 1.54. The number of anilines is 1. The van der Waals surface area contributed by atoms with E-state index in [0.717, 1.165) is 0 Å². The maximum atomic E-state index is 14.8. The Morgan fingerprint density at radius 2 is 2.13 bits per heavy atom. The predicted octanol–water partition coefficient (Wildman–Crippen LogP) is 2.66. The number of carbonyl (C=O) groups is 1. The van der Waals surface area contributed by atoms with Gasteiger partial charge in [0.1, 0.15) is 17.6 Å². The summed E-state index contributed by atoms with van der Waals surface area (Å²) in [5.41, 5.74) is 1.84. The van der Waals surface area contributed by atoms with Gasteiger partial charge < -0.3 is 9.84 Å². The first-order valence-corrected chi connectivity index (χ1v) is 9.70. The number of nitrogens with zero attached hydrogens (tertiary/aromatic N) is 6. The van der Waals surface area contributed by atoms with Crippen molar-refractivity contribution in [1.82, 2.24) is 25.2 Å². The summed E-state index contributed by atoms with van der Waals surface area (Å²) in [7, 11) is 0. The molecule has 1 saturated heterocycles. The zero-order valence-corrected chi connectivity index (χ0v) is 16.6. The van der Waals surface area contributed by atoms with E-state index in [-0.39, 0.29) is 6.54 Å². The van der Waals surface area contributed by atoms with Crippen LogP contribution in [0.4, 0.5) is 14.9 Å². The van der Waals surface area contributed by atoms with Crippen LogP contribution in [0.15, 0.2) is 36.5 Å². The van der Waals surface area contributed by atoms with Gasteiger partial charge in [0.25, 0.3) is 0 Å². The van der Waals surface area contributed by atoms with Crippen molar-refractivity contribution in [2.24, 2.45) is 0 Å². The quantitative estimate of drug-likeness (QED) is 0.663. The zero-order valence-electron chi connectivity index (χ0n) is 16.6. The molecule has 1 aromatic carbocycles. The highest BCUT2D eigenvalue weighted by Crippen LogP contribution is 2.30. The molecule has 0 bridgehead atoms. The molecule has 0 spiro atoms. The molecule has 2 aromatic heterocycles. The number of aliphatic hydroxyl groups excluding tert-OH is 1. The normalized spacial score (nSPS) is 17.3. The molecule has 4 rings (SSSR count). The van der Waals surface area contributed by atoms with Gasteiger partial charge in [0.05, 0.1) is 24.9 Å². The van der Waals surface area contributed by atoms with E-state index >= 15 is 0 Å². The number of amides is 1. The molecular weight excluding hydrogens is 391 g/mol. The number of aliphatic hydroxyl groups is 1. The van der Waals surface area contributed by atoms with Crippen molar-refractivity contribution in [3.05, 3.63) is 42.3 Å². The number of carbonyl (C=O) groups excluding carboxylic acids is 1. The number of tetrazole rings is 1. The average molecular weight is 412 g/mol. The Hall–Kier alpha value is -3.40. The second-order valence-corrected chi connectivity index (χ2v) is 6.91. The topological polar surface area (TPSA) is 106 Å². The minimum atomic E-state index is -0.749. The van der Waals surface area contributed by atoms with Crippen LogP contribution in [-0.4, -0.2) is 55.1 Å². The largest absolute Gasteiger partial charge is 0.441 e. The zero-order chi connectivity index (χ0) is 21.3. The van der Waals surface area contributed by atoms with Crippen LogP contribution in [0.2, 0.25) is 0 Å². The Morgan fingerprint density at radius 3 is 2.77 bits per heavy atom. The molecule has 2 atom stereocenters. The van der Waals surface area contributed by atoms with E-state index in [1.165, 1.54) is 22.0 Å². The van der Waals surface area contributed by atoms with Gasteiger partial charge in [0.15, 0.2) is 0 Å². The lowest BCUT2D eigenvalue weighted by atomic mass is 10.1. The predicted molar refractivity (Wildman–Crippen MR) is 106 cm³/mol. The van der Waals surface area contributed by atoms with Crippen molar-refractivity contribution < 1.29 is 19.0 Å². The van der Waals surface area contributed by atoms with Gasteiger partial charge >= 0.3 is 6.09 Å². The van der Waals surface area contributed by atoms with E-state index < -0.39 is 24.1 Å². The summed E-state index contributed by atoms with van der Waals surface area (Å²) in [6.45, 7) is 4.49. The molecule has 1 N–H and O–H groups in total. The number of cyclic esters (lactones) is 1. The highest BCUT2D eigenvalue weighted by molar-refractivity contribution is 5.90. The van der Waals surface area contributed by atoms with Crippen molar-refractivity contribution in [1.29, 1.82) is 0 Å². The molecule has 0 radical (unpaired) electrons. The van der Waals surface area contributed by atoms with Crippen LogP contribution in [0.3, 0.4) is 0 Å². The van der Waals surface area contributed by atoms with Gasteiger partial charge in [0, 0.05) is 17.3 Å². The number of benzene rings is 1. The summed E-state index contributed by atoms with van der Waals surface area (Å²) in [5, 5.41) is 21.9. The fraction of sp³-hybridized carbons (Fsp3) is 0.350. The molecule has 9 nitrogen and oxygen atoms in total.